The number of aryl methyl sites for hydroxylation is 1. The third kappa shape index (κ3) is 3.63. The summed E-state index contributed by atoms with van der Waals surface area (Å²) >= 11 is 0. The highest BCUT2D eigenvalue weighted by atomic mass is 16.4. The zero-order chi connectivity index (χ0) is 20.4. The molecular weight excluding hydrogens is 368 g/mol. The molecule has 2 aromatic carbocycles. The van der Waals surface area contributed by atoms with Crippen molar-refractivity contribution < 1.29 is 14.7 Å². The molecule has 0 bridgehead atoms. The SMILES string of the molecule is Cn1cnnc1C1CCN(C(=O)c2ccccc2-c2ccccc2C(=O)O)CC1. The highest BCUT2D eigenvalue weighted by molar-refractivity contribution is 6.04. The molecular formula is C22H22N4O3. The lowest BCUT2D eigenvalue weighted by Crippen LogP contribution is -2.38. The monoisotopic (exact) mass is 390 g/mol. The first-order valence-electron chi connectivity index (χ1n) is 9.61. The van der Waals surface area contributed by atoms with Crippen molar-refractivity contribution in [1.29, 1.82) is 0 Å². The minimum atomic E-state index is -1.01. The number of carboxylic acids is 1. The number of likely N-dealkylation sites (tertiary alicyclic amines) is 1. The third-order valence-electron chi connectivity index (χ3n) is 5.50. The molecule has 29 heavy (non-hydrogen) atoms. The van der Waals surface area contributed by atoms with E-state index in [9.17, 15) is 14.7 Å². The van der Waals surface area contributed by atoms with Gasteiger partial charge in [-0.2, -0.15) is 0 Å². The van der Waals surface area contributed by atoms with Crippen molar-refractivity contribution in [3.05, 3.63) is 71.8 Å². The predicted molar refractivity (Wildman–Crippen MR) is 108 cm³/mol. The van der Waals surface area contributed by atoms with E-state index in [4.69, 9.17) is 0 Å². The van der Waals surface area contributed by atoms with E-state index in [1.807, 2.05) is 28.6 Å². The van der Waals surface area contributed by atoms with Gasteiger partial charge in [0.2, 0.25) is 0 Å². The molecule has 1 fully saturated rings. The number of aromatic carboxylic acids is 1. The second kappa shape index (κ2) is 7.87. The van der Waals surface area contributed by atoms with Crippen LogP contribution in [0.15, 0.2) is 54.9 Å². The van der Waals surface area contributed by atoms with Crippen LogP contribution in [0.1, 0.15) is 45.3 Å². The van der Waals surface area contributed by atoms with E-state index in [2.05, 4.69) is 10.2 Å². The molecule has 7 heteroatoms. The highest BCUT2D eigenvalue weighted by Gasteiger charge is 2.28. The van der Waals surface area contributed by atoms with Crippen molar-refractivity contribution in [3.63, 3.8) is 0 Å². The van der Waals surface area contributed by atoms with E-state index in [1.165, 1.54) is 0 Å². The molecule has 0 radical (unpaired) electrons. The fourth-order valence-electron chi connectivity index (χ4n) is 3.98. The summed E-state index contributed by atoms with van der Waals surface area (Å²) in [5, 5.41) is 17.7. The Morgan fingerprint density at radius 1 is 0.966 bits per heavy atom. The van der Waals surface area contributed by atoms with E-state index >= 15 is 0 Å². The lowest BCUT2D eigenvalue weighted by molar-refractivity contribution is 0.0691. The number of carboxylic acid groups (broad SMARTS) is 1. The zero-order valence-corrected chi connectivity index (χ0v) is 16.2. The Bertz CT molecular complexity index is 1050. The Morgan fingerprint density at radius 3 is 2.14 bits per heavy atom. The maximum absolute atomic E-state index is 13.3. The Labute approximate surface area is 168 Å². The maximum atomic E-state index is 13.3. The smallest absolute Gasteiger partial charge is 0.336 e. The average Bonchev–Trinajstić information content (AvgIpc) is 3.19. The average molecular weight is 390 g/mol. The fraction of sp³-hybridized carbons (Fsp3) is 0.273. The zero-order valence-electron chi connectivity index (χ0n) is 16.2. The van der Waals surface area contributed by atoms with Gasteiger partial charge in [-0.25, -0.2) is 4.79 Å². The van der Waals surface area contributed by atoms with Crippen molar-refractivity contribution >= 4 is 11.9 Å². The van der Waals surface area contributed by atoms with Crippen LogP contribution in [0.25, 0.3) is 11.1 Å². The predicted octanol–water partition coefficient (Wildman–Crippen LogP) is 3.20. The molecule has 3 aromatic rings. The van der Waals surface area contributed by atoms with Gasteiger partial charge in [0.1, 0.15) is 12.2 Å². The summed E-state index contributed by atoms with van der Waals surface area (Å²) < 4.78 is 1.93. The first-order chi connectivity index (χ1) is 14.1. The van der Waals surface area contributed by atoms with Gasteiger partial charge in [-0.15, -0.1) is 10.2 Å². The summed E-state index contributed by atoms with van der Waals surface area (Å²) in [5.41, 5.74) is 1.91. The van der Waals surface area contributed by atoms with Gasteiger partial charge >= 0.3 is 5.97 Å². The van der Waals surface area contributed by atoms with Crippen LogP contribution in [-0.4, -0.2) is 49.7 Å². The summed E-state index contributed by atoms with van der Waals surface area (Å²) in [7, 11) is 1.93. The number of piperidine rings is 1. The molecule has 148 valence electrons. The lowest BCUT2D eigenvalue weighted by Gasteiger charge is -2.32. The van der Waals surface area contributed by atoms with Crippen LogP contribution in [0.4, 0.5) is 0 Å². The van der Waals surface area contributed by atoms with Gasteiger partial charge in [-0.3, -0.25) is 4.79 Å². The Morgan fingerprint density at radius 2 is 1.55 bits per heavy atom. The highest BCUT2D eigenvalue weighted by Crippen LogP contribution is 2.31. The third-order valence-corrected chi connectivity index (χ3v) is 5.50. The second-order valence-electron chi connectivity index (χ2n) is 7.26. The molecule has 1 saturated heterocycles. The molecule has 1 aliphatic heterocycles. The van der Waals surface area contributed by atoms with E-state index in [1.54, 1.807) is 42.7 Å². The Hall–Kier alpha value is -3.48. The Balaban J connectivity index is 1.58. The molecule has 1 amide bonds. The summed E-state index contributed by atoms with van der Waals surface area (Å²) in [6, 6.07) is 14.0. The van der Waals surface area contributed by atoms with E-state index in [-0.39, 0.29) is 17.4 Å². The van der Waals surface area contributed by atoms with Gasteiger partial charge in [-0.1, -0.05) is 36.4 Å². The van der Waals surface area contributed by atoms with Gasteiger partial charge in [-0.05, 0) is 36.1 Å². The minimum Gasteiger partial charge on any atom is -0.478 e. The molecule has 7 nitrogen and oxygen atoms in total. The Kier molecular flexibility index (Phi) is 5.12. The van der Waals surface area contributed by atoms with E-state index < -0.39 is 5.97 Å². The van der Waals surface area contributed by atoms with Crippen LogP contribution >= 0.6 is 0 Å². The van der Waals surface area contributed by atoms with Crippen molar-refractivity contribution in [2.45, 2.75) is 18.8 Å². The van der Waals surface area contributed by atoms with Crippen LogP contribution in [0, 0.1) is 0 Å². The van der Waals surface area contributed by atoms with Crippen molar-refractivity contribution in [1.82, 2.24) is 19.7 Å². The van der Waals surface area contributed by atoms with Crippen LogP contribution in [-0.2, 0) is 7.05 Å². The van der Waals surface area contributed by atoms with Gasteiger partial charge < -0.3 is 14.6 Å². The van der Waals surface area contributed by atoms with Crippen molar-refractivity contribution in [3.8, 4) is 11.1 Å². The van der Waals surface area contributed by atoms with E-state index in [0.717, 1.165) is 18.7 Å². The first-order valence-corrected chi connectivity index (χ1v) is 9.61. The number of amides is 1. The largest absolute Gasteiger partial charge is 0.478 e. The maximum Gasteiger partial charge on any atom is 0.336 e. The van der Waals surface area contributed by atoms with Gasteiger partial charge in [0.05, 0.1) is 5.56 Å². The molecule has 1 aliphatic rings. The van der Waals surface area contributed by atoms with Gasteiger partial charge in [0, 0.05) is 31.6 Å². The summed E-state index contributed by atoms with van der Waals surface area (Å²) in [4.78, 5) is 26.8. The number of carbonyl (C=O) groups is 2. The number of nitrogens with zero attached hydrogens (tertiary/aromatic N) is 4. The number of hydrogen-bond acceptors (Lipinski definition) is 4. The molecule has 4 rings (SSSR count). The molecule has 0 saturated carbocycles. The van der Waals surface area contributed by atoms with Crippen molar-refractivity contribution in [2.75, 3.05) is 13.1 Å². The number of hydrogen-bond donors (Lipinski definition) is 1. The molecule has 1 N–H and O–H groups in total. The van der Waals surface area contributed by atoms with Crippen molar-refractivity contribution in [2.24, 2.45) is 7.05 Å². The molecule has 1 aromatic heterocycles. The summed E-state index contributed by atoms with van der Waals surface area (Å²) in [5.74, 6) is 0.159. The van der Waals surface area contributed by atoms with Gasteiger partial charge in [0.25, 0.3) is 5.91 Å². The summed E-state index contributed by atoms with van der Waals surface area (Å²) in [6.45, 7) is 1.26. The number of aromatic nitrogens is 3. The topological polar surface area (TPSA) is 88.3 Å². The first kappa shape index (κ1) is 18.9. The number of rotatable bonds is 4. The number of benzene rings is 2. The molecule has 0 aliphatic carbocycles. The summed E-state index contributed by atoms with van der Waals surface area (Å²) in [6.07, 6.45) is 3.35. The van der Waals surface area contributed by atoms with Crippen LogP contribution in [0.2, 0.25) is 0 Å². The van der Waals surface area contributed by atoms with Crippen LogP contribution < -0.4 is 0 Å². The molecule has 2 heterocycles. The van der Waals surface area contributed by atoms with Crippen LogP contribution in [0.5, 0.6) is 0 Å². The minimum absolute atomic E-state index is 0.0720. The fourth-order valence-corrected chi connectivity index (χ4v) is 3.98. The molecule has 0 spiro atoms. The van der Waals surface area contributed by atoms with Gasteiger partial charge in [0.15, 0.2) is 0 Å². The standard InChI is InChI=1S/C22H22N4O3/c1-25-14-23-24-20(25)15-10-12-26(13-11-15)21(27)18-8-4-2-6-16(18)17-7-3-5-9-19(17)22(28)29/h2-9,14-15H,10-13H2,1H3,(H,28,29). The number of carbonyl (C=O) groups excluding carboxylic acids is 1. The molecule has 0 atom stereocenters. The lowest BCUT2D eigenvalue weighted by atomic mass is 9.92. The quantitative estimate of drug-likeness (QED) is 0.739. The molecule has 0 unspecified atom stereocenters. The second-order valence-corrected chi connectivity index (χ2v) is 7.26. The van der Waals surface area contributed by atoms with Crippen LogP contribution in [0.3, 0.4) is 0 Å². The van der Waals surface area contributed by atoms with E-state index in [0.29, 0.717) is 29.8 Å². The normalized spacial score (nSPS) is 14.7.